The molecule has 1 saturated heterocycles. The summed E-state index contributed by atoms with van der Waals surface area (Å²) in [6.07, 6.45) is 0.728. The number of hydrogen-bond donors (Lipinski definition) is 1. The van der Waals surface area contributed by atoms with Crippen molar-refractivity contribution in [1.29, 1.82) is 0 Å². The van der Waals surface area contributed by atoms with E-state index in [1.807, 2.05) is 29.2 Å². The number of piperazine rings is 1. The molecule has 2 rings (SSSR count). The van der Waals surface area contributed by atoms with Gasteiger partial charge < -0.3 is 20.3 Å². The van der Waals surface area contributed by atoms with Gasteiger partial charge in [0.1, 0.15) is 5.75 Å². The van der Waals surface area contributed by atoms with Gasteiger partial charge in [-0.1, -0.05) is 12.1 Å². The van der Waals surface area contributed by atoms with Crippen molar-refractivity contribution in [3.05, 3.63) is 29.8 Å². The number of hydrogen-bond acceptors (Lipinski definition) is 4. The van der Waals surface area contributed by atoms with Crippen LogP contribution in [-0.2, 0) is 16.0 Å². The third-order valence-electron chi connectivity index (χ3n) is 3.83. The number of benzene rings is 1. The highest BCUT2D eigenvalue weighted by atomic mass is 16.5. The van der Waals surface area contributed by atoms with Crippen LogP contribution in [0.25, 0.3) is 0 Å². The lowest BCUT2D eigenvalue weighted by molar-refractivity contribution is -0.139. The lowest BCUT2D eigenvalue weighted by Gasteiger charge is -2.35. The van der Waals surface area contributed by atoms with Gasteiger partial charge in [-0.3, -0.25) is 9.59 Å². The highest BCUT2D eigenvalue weighted by Gasteiger charge is 2.23. The summed E-state index contributed by atoms with van der Waals surface area (Å²) in [5, 5.41) is 0. The maximum atomic E-state index is 12.3. The van der Waals surface area contributed by atoms with E-state index in [4.69, 9.17) is 10.5 Å². The predicted octanol–water partition coefficient (Wildman–Crippen LogP) is 0.257. The summed E-state index contributed by atoms with van der Waals surface area (Å²) in [6, 6.07) is 7.53. The number of nitrogens with two attached hydrogens (primary N) is 1. The summed E-state index contributed by atoms with van der Waals surface area (Å²) in [7, 11) is 1.61. The molecular weight excluding hydrogens is 282 g/mol. The van der Waals surface area contributed by atoms with E-state index in [9.17, 15) is 9.59 Å². The Kier molecular flexibility index (Phi) is 5.77. The van der Waals surface area contributed by atoms with Crippen molar-refractivity contribution in [3.8, 4) is 5.75 Å². The van der Waals surface area contributed by atoms with Crippen LogP contribution in [0.1, 0.15) is 12.0 Å². The van der Waals surface area contributed by atoms with Crippen LogP contribution in [0.5, 0.6) is 5.75 Å². The van der Waals surface area contributed by atoms with Crippen LogP contribution in [0.15, 0.2) is 24.3 Å². The number of ether oxygens (including phenoxy) is 1. The zero-order valence-electron chi connectivity index (χ0n) is 13.0. The molecule has 0 saturated carbocycles. The van der Waals surface area contributed by atoms with Crippen molar-refractivity contribution in [2.24, 2.45) is 5.73 Å². The summed E-state index contributed by atoms with van der Waals surface area (Å²) in [5.41, 5.74) is 6.34. The Labute approximate surface area is 130 Å². The fourth-order valence-electron chi connectivity index (χ4n) is 2.56. The van der Waals surface area contributed by atoms with Crippen LogP contribution in [0.3, 0.4) is 0 Å². The molecule has 6 heteroatoms. The highest BCUT2D eigenvalue weighted by Crippen LogP contribution is 2.14. The maximum absolute atomic E-state index is 12.3. The first-order chi connectivity index (χ1) is 10.6. The standard InChI is InChI=1S/C16H23N3O3/c1-22-14-4-2-3-13(11-14)12-16(21)19-9-7-18(8-10-19)15(20)5-6-17/h2-4,11H,5-10,12,17H2,1H3. The fourth-order valence-corrected chi connectivity index (χ4v) is 2.56. The number of carbonyl (C=O) groups is 2. The van der Waals surface area contributed by atoms with Crippen LogP contribution in [0, 0.1) is 0 Å². The molecule has 1 aromatic carbocycles. The van der Waals surface area contributed by atoms with Crippen molar-refractivity contribution in [3.63, 3.8) is 0 Å². The van der Waals surface area contributed by atoms with E-state index in [1.165, 1.54) is 0 Å². The smallest absolute Gasteiger partial charge is 0.227 e. The highest BCUT2D eigenvalue weighted by molar-refractivity contribution is 5.80. The Morgan fingerprint density at radius 2 is 1.77 bits per heavy atom. The zero-order valence-corrected chi connectivity index (χ0v) is 13.0. The van der Waals surface area contributed by atoms with Crippen LogP contribution in [-0.4, -0.2) is 61.4 Å². The van der Waals surface area contributed by atoms with Crippen LogP contribution in [0.4, 0.5) is 0 Å². The molecular formula is C16H23N3O3. The van der Waals surface area contributed by atoms with Gasteiger partial charge >= 0.3 is 0 Å². The molecule has 0 aromatic heterocycles. The minimum atomic E-state index is 0.0717. The molecule has 0 atom stereocenters. The van der Waals surface area contributed by atoms with Crippen LogP contribution < -0.4 is 10.5 Å². The number of carbonyl (C=O) groups excluding carboxylic acids is 2. The second-order valence-corrected chi connectivity index (χ2v) is 5.33. The number of nitrogens with zero attached hydrogens (tertiary/aromatic N) is 2. The fraction of sp³-hybridized carbons (Fsp3) is 0.500. The van der Waals surface area contributed by atoms with E-state index < -0.39 is 0 Å². The second-order valence-electron chi connectivity index (χ2n) is 5.33. The molecule has 6 nitrogen and oxygen atoms in total. The summed E-state index contributed by atoms with van der Waals surface area (Å²) < 4.78 is 5.17. The largest absolute Gasteiger partial charge is 0.497 e. The first-order valence-corrected chi connectivity index (χ1v) is 7.52. The Hall–Kier alpha value is -2.08. The summed E-state index contributed by atoms with van der Waals surface area (Å²) in [4.78, 5) is 27.7. The molecule has 2 amide bonds. The van der Waals surface area contributed by atoms with Crippen molar-refractivity contribution in [2.45, 2.75) is 12.8 Å². The first-order valence-electron chi connectivity index (χ1n) is 7.52. The van der Waals surface area contributed by atoms with Gasteiger partial charge in [-0.2, -0.15) is 0 Å². The SMILES string of the molecule is COc1cccc(CC(=O)N2CCN(C(=O)CCN)CC2)c1. The molecule has 1 fully saturated rings. The molecule has 0 spiro atoms. The van der Waals surface area contributed by atoms with E-state index in [2.05, 4.69) is 0 Å². The molecule has 1 aliphatic rings. The average Bonchev–Trinajstić information content (AvgIpc) is 2.55. The first kappa shape index (κ1) is 16.3. The van der Waals surface area contributed by atoms with Crippen LogP contribution in [0.2, 0.25) is 0 Å². The Morgan fingerprint density at radius 3 is 2.36 bits per heavy atom. The van der Waals surface area contributed by atoms with Gasteiger partial charge in [-0.05, 0) is 17.7 Å². The molecule has 120 valence electrons. The van der Waals surface area contributed by atoms with E-state index in [0.29, 0.717) is 45.6 Å². The summed E-state index contributed by atoms with van der Waals surface area (Å²) in [6.45, 7) is 2.71. The monoisotopic (exact) mass is 305 g/mol. The molecule has 1 aromatic rings. The number of amides is 2. The topological polar surface area (TPSA) is 75.9 Å². The number of methoxy groups -OCH3 is 1. The van der Waals surface area contributed by atoms with Gasteiger partial charge in [-0.25, -0.2) is 0 Å². The molecule has 1 aliphatic heterocycles. The van der Waals surface area contributed by atoms with Crippen molar-refractivity contribution < 1.29 is 14.3 Å². The van der Waals surface area contributed by atoms with Gasteiger partial charge in [0.05, 0.1) is 13.5 Å². The minimum Gasteiger partial charge on any atom is -0.497 e. The third kappa shape index (κ3) is 4.21. The normalized spacial score (nSPS) is 14.8. The zero-order chi connectivity index (χ0) is 15.9. The van der Waals surface area contributed by atoms with E-state index in [0.717, 1.165) is 11.3 Å². The Balaban J connectivity index is 1.85. The molecule has 2 N–H and O–H groups in total. The molecule has 0 radical (unpaired) electrons. The number of rotatable bonds is 5. The van der Waals surface area contributed by atoms with Crippen molar-refractivity contribution >= 4 is 11.8 Å². The summed E-state index contributed by atoms with van der Waals surface area (Å²) >= 11 is 0. The molecule has 1 heterocycles. The van der Waals surface area contributed by atoms with Gasteiger partial charge in [0.25, 0.3) is 0 Å². The lowest BCUT2D eigenvalue weighted by atomic mass is 10.1. The molecule has 0 bridgehead atoms. The lowest BCUT2D eigenvalue weighted by Crippen LogP contribution is -2.51. The van der Waals surface area contributed by atoms with Crippen LogP contribution >= 0.6 is 0 Å². The second kappa shape index (κ2) is 7.79. The summed E-state index contributed by atoms with van der Waals surface area (Å²) in [5.74, 6) is 0.907. The predicted molar refractivity (Wildman–Crippen MR) is 83.5 cm³/mol. The van der Waals surface area contributed by atoms with E-state index in [-0.39, 0.29) is 11.8 Å². The molecule has 22 heavy (non-hydrogen) atoms. The maximum Gasteiger partial charge on any atom is 0.227 e. The van der Waals surface area contributed by atoms with Crippen molar-refractivity contribution in [1.82, 2.24) is 9.80 Å². The van der Waals surface area contributed by atoms with Gasteiger partial charge in [0.2, 0.25) is 11.8 Å². The van der Waals surface area contributed by atoms with Gasteiger partial charge in [0, 0.05) is 39.1 Å². The molecule has 0 aliphatic carbocycles. The third-order valence-corrected chi connectivity index (χ3v) is 3.83. The van der Waals surface area contributed by atoms with Gasteiger partial charge in [-0.15, -0.1) is 0 Å². The van der Waals surface area contributed by atoms with Crippen molar-refractivity contribution in [2.75, 3.05) is 39.8 Å². The Bertz CT molecular complexity index is 525. The average molecular weight is 305 g/mol. The Morgan fingerprint density at radius 1 is 1.14 bits per heavy atom. The quantitative estimate of drug-likeness (QED) is 0.846. The van der Waals surface area contributed by atoms with Gasteiger partial charge in [0.15, 0.2) is 0 Å². The van der Waals surface area contributed by atoms with E-state index in [1.54, 1.807) is 12.0 Å². The minimum absolute atomic E-state index is 0.0717. The van der Waals surface area contributed by atoms with E-state index >= 15 is 0 Å². The molecule has 0 unspecified atom stereocenters.